The number of aromatic nitrogens is 3. The van der Waals surface area contributed by atoms with Crippen LogP contribution in [0.3, 0.4) is 0 Å². The average molecular weight is 463 g/mol. The molecule has 2 aliphatic carbocycles. The van der Waals surface area contributed by atoms with Crippen LogP contribution in [0.4, 0.5) is 13.2 Å². The van der Waals surface area contributed by atoms with Gasteiger partial charge in [0.05, 0.1) is 11.3 Å². The van der Waals surface area contributed by atoms with Gasteiger partial charge < -0.3 is 4.90 Å². The van der Waals surface area contributed by atoms with Crippen LogP contribution in [-0.2, 0) is 12.7 Å². The lowest BCUT2D eigenvalue weighted by Crippen LogP contribution is -2.49. The van der Waals surface area contributed by atoms with Gasteiger partial charge in [-0.15, -0.1) is 0 Å². The van der Waals surface area contributed by atoms with Crippen molar-refractivity contribution in [3.63, 3.8) is 0 Å². The fourth-order valence-electron chi connectivity index (χ4n) is 6.42. The lowest BCUT2D eigenvalue weighted by molar-refractivity contribution is -0.137. The van der Waals surface area contributed by atoms with Crippen molar-refractivity contribution in [2.24, 2.45) is 17.3 Å². The molecule has 172 valence electrons. The van der Waals surface area contributed by atoms with Crippen LogP contribution in [0.2, 0.25) is 0 Å². The summed E-state index contributed by atoms with van der Waals surface area (Å²) in [6.45, 7) is 5.30. The fraction of sp³-hybridized carbons (Fsp3) is 0.667. The van der Waals surface area contributed by atoms with Crippen molar-refractivity contribution in [3.05, 3.63) is 35.8 Å². The summed E-state index contributed by atoms with van der Waals surface area (Å²) < 4.78 is 41.3. The van der Waals surface area contributed by atoms with E-state index >= 15 is 0 Å². The molecule has 32 heavy (non-hydrogen) atoms. The lowest BCUT2D eigenvalue weighted by atomic mass is 9.80. The molecule has 8 heteroatoms. The number of rotatable bonds is 4. The van der Waals surface area contributed by atoms with Gasteiger partial charge in [-0.1, -0.05) is 0 Å². The molecule has 4 fully saturated rings. The molecular formula is C24H29F3N4S. The molecule has 2 saturated carbocycles. The Hall–Kier alpha value is -1.54. The van der Waals surface area contributed by atoms with Gasteiger partial charge in [-0.3, -0.25) is 9.67 Å². The molecule has 4 aliphatic rings. The highest BCUT2D eigenvalue weighted by Gasteiger charge is 2.59. The fourth-order valence-corrected chi connectivity index (χ4v) is 7.78. The first-order valence-corrected chi connectivity index (χ1v) is 12.9. The molecule has 0 amide bonds. The van der Waals surface area contributed by atoms with Crippen molar-refractivity contribution < 1.29 is 13.2 Å². The number of alkyl halides is 3. The highest BCUT2D eigenvalue weighted by molar-refractivity contribution is 8.00. The third kappa shape index (κ3) is 3.49. The van der Waals surface area contributed by atoms with E-state index in [0.717, 1.165) is 24.8 Å². The number of aryl methyl sites for hydroxylation is 1. The van der Waals surface area contributed by atoms with Crippen molar-refractivity contribution in [2.45, 2.75) is 57.3 Å². The van der Waals surface area contributed by atoms with Crippen molar-refractivity contribution in [3.8, 4) is 11.3 Å². The standard InChI is InChI=1S/C24H29F3N4S/c1-2-31-21(10-20(29-31)15-7-16(12-28-11-15)24(25,26)27)22-18-8-17(9-19(18)22)30-5-3-23(4-6-30)13-32-14-23/h7,10-12,17-19,22H,2-6,8-9,13-14H2,1H3. The van der Waals surface area contributed by atoms with E-state index in [9.17, 15) is 13.2 Å². The molecule has 2 atom stereocenters. The molecule has 2 unspecified atom stereocenters. The quantitative estimate of drug-likeness (QED) is 0.617. The van der Waals surface area contributed by atoms with Crippen molar-refractivity contribution in [2.75, 3.05) is 24.6 Å². The van der Waals surface area contributed by atoms with Crippen LogP contribution in [0, 0.1) is 17.3 Å². The topological polar surface area (TPSA) is 34.0 Å². The number of nitrogens with zero attached hydrogens (tertiary/aromatic N) is 4. The van der Waals surface area contributed by atoms with Crippen LogP contribution in [-0.4, -0.2) is 50.3 Å². The molecular weight excluding hydrogens is 433 g/mol. The number of pyridine rings is 1. The molecule has 0 aromatic carbocycles. The Bertz CT molecular complexity index is 993. The molecule has 0 bridgehead atoms. The summed E-state index contributed by atoms with van der Waals surface area (Å²) >= 11 is 2.10. The van der Waals surface area contributed by atoms with Gasteiger partial charge in [0.2, 0.25) is 0 Å². The lowest BCUT2D eigenvalue weighted by Gasteiger charge is -2.49. The summed E-state index contributed by atoms with van der Waals surface area (Å²) in [5.74, 6) is 4.63. The molecule has 6 rings (SSSR count). The first-order chi connectivity index (χ1) is 15.4. The molecule has 0 radical (unpaired) electrons. The number of halogens is 3. The van der Waals surface area contributed by atoms with Crippen LogP contribution in [0.1, 0.15) is 49.8 Å². The Morgan fingerprint density at radius 2 is 1.81 bits per heavy atom. The van der Waals surface area contributed by atoms with Gasteiger partial charge in [-0.25, -0.2) is 0 Å². The molecule has 2 aliphatic heterocycles. The maximum Gasteiger partial charge on any atom is 0.417 e. The number of hydrogen-bond donors (Lipinski definition) is 0. The molecule has 2 saturated heterocycles. The van der Waals surface area contributed by atoms with Gasteiger partial charge in [-0.2, -0.15) is 30.0 Å². The van der Waals surface area contributed by atoms with Crippen molar-refractivity contribution >= 4 is 11.8 Å². The summed E-state index contributed by atoms with van der Waals surface area (Å²) in [5.41, 5.74) is 2.16. The van der Waals surface area contributed by atoms with Gasteiger partial charge in [0, 0.05) is 42.2 Å². The normalized spacial score (nSPS) is 31.5. The third-order valence-corrected chi connectivity index (χ3v) is 10.1. The van der Waals surface area contributed by atoms with E-state index in [4.69, 9.17) is 0 Å². The maximum absolute atomic E-state index is 13.1. The van der Waals surface area contributed by atoms with E-state index in [1.165, 1.54) is 62.2 Å². The maximum atomic E-state index is 13.1. The van der Waals surface area contributed by atoms with Crippen LogP contribution in [0.15, 0.2) is 24.5 Å². The highest BCUT2D eigenvalue weighted by Crippen LogP contribution is 2.64. The second kappa shape index (κ2) is 7.49. The molecule has 0 N–H and O–H groups in total. The smallest absolute Gasteiger partial charge is 0.300 e. The third-order valence-electron chi connectivity index (χ3n) is 8.43. The second-order valence-corrected chi connectivity index (χ2v) is 11.2. The molecule has 4 nitrogen and oxygen atoms in total. The Balaban J connectivity index is 1.15. The summed E-state index contributed by atoms with van der Waals surface area (Å²) in [7, 11) is 0. The van der Waals surface area contributed by atoms with Crippen molar-refractivity contribution in [1.82, 2.24) is 19.7 Å². The molecule has 1 spiro atoms. The van der Waals surface area contributed by atoms with Crippen LogP contribution in [0.25, 0.3) is 11.3 Å². The second-order valence-electron chi connectivity index (χ2n) is 10.2. The predicted octanol–water partition coefficient (Wildman–Crippen LogP) is 5.30. The van der Waals surface area contributed by atoms with E-state index < -0.39 is 11.7 Å². The zero-order valence-electron chi connectivity index (χ0n) is 18.3. The van der Waals surface area contributed by atoms with E-state index in [1.54, 1.807) is 0 Å². The van der Waals surface area contributed by atoms with Crippen LogP contribution in [0.5, 0.6) is 0 Å². The SMILES string of the molecule is CCn1nc(-c2cncc(C(F)(F)F)c2)cc1C1C2CC(N3CCC4(CC3)CSC4)CC21. The number of hydrogen-bond acceptors (Lipinski definition) is 4. The minimum absolute atomic E-state index is 0.438. The summed E-state index contributed by atoms with van der Waals surface area (Å²) in [4.78, 5) is 6.56. The molecule has 2 aromatic rings. The molecule has 2 aromatic heterocycles. The number of thioether (sulfide) groups is 1. The number of piperidine rings is 1. The van der Waals surface area contributed by atoms with Gasteiger partial charge in [0.15, 0.2) is 0 Å². The average Bonchev–Trinajstić information content (AvgIpc) is 3.11. The van der Waals surface area contributed by atoms with Gasteiger partial charge in [-0.05, 0) is 86.6 Å². The van der Waals surface area contributed by atoms with E-state index in [-0.39, 0.29) is 0 Å². The van der Waals surface area contributed by atoms with Gasteiger partial charge in [0.1, 0.15) is 0 Å². The number of fused-ring (bicyclic) bond motifs is 1. The number of likely N-dealkylation sites (tertiary alicyclic amines) is 1. The Labute approximate surface area is 191 Å². The monoisotopic (exact) mass is 462 g/mol. The van der Waals surface area contributed by atoms with Crippen LogP contribution >= 0.6 is 11.8 Å². The zero-order chi connectivity index (χ0) is 22.1. The summed E-state index contributed by atoms with van der Waals surface area (Å²) in [6, 6.07) is 3.89. The Morgan fingerprint density at radius 3 is 2.41 bits per heavy atom. The largest absolute Gasteiger partial charge is 0.417 e. The minimum Gasteiger partial charge on any atom is -0.300 e. The Kier molecular flexibility index (Phi) is 4.92. The van der Waals surface area contributed by atoms with E-state index in [0.29, 0.717) is 34.4 Å². The summed E-state index contributed by atoms with van der Waals surface area (Å²) in [6.07, 6.45) is 3.21. The predicted molar refractivity (Wildman–Crippen MR) is 119 cm³/mol. The van der Waals surface area contributed by atoms with Crippen LogP contribution < -0.4 is 0 Å². The molecule has 4 heterocycles. The highest BCUT2D eigenvalue weighted by atomic mass is 32.2. The summed E-state index contributed by atoms with van der Waals surface area (Å²) in [5, 5.41) is 4.65. The Morgan fingerprint density at radius 1 is 1.09 bits per heavy atom. The van der Waals surface area contributed by atoms with Gasteiger partial charge in [0.25, 0.3) is 0 Å². The van der Waals surface area contributed by atoms with E-state index in [2.05, 4.69) is 26.7 Å². The minimum atomic E-state index is -4.40. The first kappa shape index (κ1) is 21.0. The van der Waals surface area contributed by atoms with E-state index in [1.807, 2.05) is 17.7 Å². The van der Waals surface area contributed by atoms with Crippen molar-refractivity contribution in [1.29, 1.82) is 0 Å². The zero-order valence-corrected chi connectivity index (χ0v) is 19.1. The first-order valence-electron chi connectivity index (χ1n) is 11.8. The van der Waals surface area contributed by atoms with Gasteiger partial charge >= 0.3 is 6.18 Å².